The number of hydrogen-bond acceptors (Lipinski definition) is 7. The number of hydrogen-bond donors (Lipinski definition) is 5. The van der Waals surface area contributed by atoms with E-state index in [0.29, 0.717) is 22.7 Å². The Labute approximate surface area is 226 Å². The second kappa shape index (κ2) is 12.0. The molecule has 1 unspecified atom stereocenters. The second-order valence-corrected chi connectivity index (χ2v) is 12.2. The monoisotopic (exact) mass is 553 g/mol. The van der Waals surface area contributed by atoms with Gasteiger partial charge in [0.05, 0.1) is 17.2 Å². The van der Waals surface area contributed by atoms with Crippen LogP contribution in [0.2, 0.25) is 0 Å². The number of thiophene rings is 1. The average Bonchev–Trinajstić information content (AvgIpc) is 3.60. The molecular formula is C27H31N5O4S2. The molecule has 2 heterocycles. The van der Waals surface area contributed by atoms with E-state index in [0.717, 1.165) is 35.1 Å². The Balaban J connectivity index is 1.75. The van der Waals surface area contributed by atoms with E-state index in [1.165, 1.54) is 0 Å². The maximum atomic E-state index is 14.0. The molecule has 0 aliphatic carbocycles. The van der Waals surface area contributed by atoms with Crippen molar-refractivity contribution in [3.8, 4) is 0 Å². The second-order valence-electron chi connectivity index (χ2n) is 9.28. The third-order valence-electron chi connectivity index (χ3n) is 6.43. The van der Waals surface area contributed by atoms with Crippen LogP contribution in [0.4, 0.5) is 0 Å². The summed E-state index contributed by atoms with van der Waals surface area (Å²) in [7, 11) is -3.82. The van der Waals surface area contributed by atoms with Crippen LogP contribution in [0, 0.1) is 5.41 Å². The molecule has 6 N–H and O–H groups in total. The van der Waals surface area contributed by atoms with Gasteiger partial charge in [-0.1, -0.05) is 60.7 Å². The summed E-state index contributed by atoms with van der Waals surface area (Å²) in [6.45, 7) is 0.697. The first kappa shape index (κ1) is 27.6. The number of ketones is 1. The van der Waals surface area contributed by atoms with Gasteiger partial charge in [-0.25, -0.2) is 13.1 Å². The lowest BCUT2D eigenvalue weighted by Crippen LogP contribution is -2.52. The average molecular weight is 554 g/mol. The molecule has 2 aromatic carbocycles. The quantitative estimate of drug-likeness (QED) is 0.181. The largest absolute Gasteiger partial charge is 0.383 e. The van der Waals surface area contributed by atoms with Crippen LogP contribution in [0.25, 0.3) is 0 Å². The van der Waals surface area contributed by atoms with Crippen molar-refractivity contribution in [2.24, 2.45) is 5.73 Å². The van der Waals surface area contributed by atoms with Gasteiger partial charge in [-0.3, -0.25) is 15.0 Å². The summed E-state index contributed by atoms with van der Waals surface area (Å²) in [5.74, 6) is -1.66. The third-order valence-corrected chi connectivity index (χ3v) is 8.29. The van der Waals surface area contributed by atoms with Crippen molar-refractivity contribution in [3.05, 3.63) is 93.7 Å². The Morgan fingerprint density at radius 1 is 1.03 bits per heavy atom. The molecule has 0 saturated carbocycles. The molecule has 38 heavy (non-hydrogen) atoms. The van der Waals surface area contributed by atoms with Crippen LogP contribution in [0.15, 0.2) is 72.8 Å². The maximum absolute atomic E-state index is 14.0. The summed E-state index contributed by atoms with van der Waals surface area (Å²) in [5, 5.41) is 13.8. The van der Waals surface area contributed by atoms with Gasteiger partial charge < -0.3 is 16.4 Å². The first-order chi connectivity index (χ1) is 18.1. The molecule has 11 heteroatoms. The number of nitrogens with two attached hydrogens (primary N) is 1. The van der Waals surface area contributed by atoms with Gasteiger partial charge in [0.2, 0.25) is 15.9 Å². The number of carbonyl (C=O) groups is 2. The van der Waals surface area contributed by atoms with Gasteiger partial charge in [0, 0.05) is 10.8 Å². The molecule has 1 amide bonds. The summed E-state index contributed by atoms with van der Waals surface area (Å²) in [6.07, 6.45) is 2.48. The molecule has 200 valence electrons. The molecule has 3 aromatic rings. The zero-order valence-electron chi connectivity index (χ0n) is 20.9. The fourth-order valence-corrected chi connectivity index (χ4v) is 6.33. The number of benzene rings is 2. The summed E-state index contributed by atoms with van der Waals surface area (Å²) < 4.78 is 27.5. The van der Waals surface area contributed by atoms with Crippen molar-refractivity contribution in [2.45, 2.75) is 36.9 Å². The molecule has 4 rings (SSSR count). The number of nitrogens with one attached hydrogen (secondary N) is 4. The Bertz CT molecular complexity index is 1350. The molecule has 0 bridgehead atoms. The zero-order valence-corrected chi connectivity index (χ0v) is 22.5. The van der Waals surface area contributed by atoms with E-state index < -0.39 is 40.0 Å². The first-order valence-electron chi connectivity index (χ1n) is 12.2. The van der Waals surface area contributed by atoms with E-state index in [1.54, 1.807) is 12.1 Å². The summed E-state index contributed by atoms with van der Waals surface area (Å²) in [6, 6.07) is 18.9. The third kappa shape index (κ3) is 6.73. The fourth-order valence-electron chi connectivity index (χ4n) is 4.70. The van der Waals surface area contributed by atoms with E-state index in [1.807, 2.05) is 60.7 Å². The lowest BCUT2D eigenvalue weighted by Gasteiger charge is -2.29. The van der Waals surface area contributed by atoms with Crippen LogP contribution >= 0.6 is 11.3 Å². The molecule has 1 aliphatic rings. The Morgan fingerprint density at radius 3 is 2.11 bits per heavy atom. The van der Waals surface area contributed by atoms with E-state index in [9.17, 15) is 18.0 Å². The SMILES string of the molecule is CS(=O)(=O)N[C@@H](C(=O)NC(C(=O)[C@@H]1CCCN1)c1ccc(C(=N)N)s1)C(c1ccccc1)c1ccccc1. The zero-order chi connectivity index (χ0) is 27.3. The van der Waals surface area contributed by atoms with Crippen molar-refractivity contribution < 1.29 is 18.0 Å². The van der Waals surface area contributed by atoms with Crippen molar-refractivity contribution >= 4 is 38.9 Å². The van der Waals surface area contributed by atoms with Gasteiger partial charge >= 0.3 is 0 Å². The highest BCUT2D eigenvalue weighted by molar-refractivity contribution is 7.88. The molecule has 1 aromatic heterocycles. The number of sulfonamides is 1. The number of carbonyl (C=O) groups excluding carboxylic acids is 2. The fraction of sp³-hybridized carbons (Fsp3) is 0.296. The molecule has 3 atom stereocenters. The van der Waals surface area contributed by atoms with Crippen LogP contribution < -0.4 is 21.1 Å². The lowest BCUT2D eigenvalue weighted by atomic mass is 9.85. The van der Waals surface area contributed by atoms with Crippen LogP contribution in [0.3, 0.4) is 0 Å². The minimum absolute atomic E-state index is 0.136. The van der Waals surface area contributed by atoms with Gasteiger partial charge in [0.15, 0.2) is 5.78 Å². The highest BCUT2D eigenvalue weighted by Gasteiger charge is 2.38. The first-order valence-corrected chi connectivity index (χ1v) is 14.9. The molecule has 0 radical (unpaired) electrons. The Kier molecular flexibility index (Phi) is 8.72. The van der Waals surface area contributed by atoms with Gasteiger partial charge in [-0.15, -0.1) is 11.3 Å². The normalized spacial score (nSPS) is 17.2. The topological polar surface area (TPSA) is 154 Å². The smallest absolute Gasteiger partial charge is 0.240 e. The number of Topliss-reactive ketones (excluding diaryl/α,β-unsaturated/α-hetero) is 1. The predicted octanol–water partition coefficient (Wildman–Crippen LogP) is 2.26. The highest BCUT2D eigenvalue weighted by atomic mass is 32.2. The molecule has 1 aliphatic heterocycles. The van der Waals surface area contributed by atoms with Crippen molar-refractivity contribution in [3.63, 3.8) is 0 Å². The number of rotatable bonds is 11. The molecule has 9 nitrogen and oxygen atoms in total. The predicted molar refractivity (Wildman–Crippen MR) is 149 cm³/mol. The molecule has 1 fully saturated rings. The van der Waals surface area contributed by atoms with Gasteiger partial charge in [0.25, 0.3) is 0 Å². The van der Waals surface area contributed by atoms with E-state index in [4.69, 9.17) is 11.1 Å². The standard InChI is InChI=1S/C27H31N5O4S2/c1-38(35,36)32-24(22(17-9-4-2-5-10-17)18-11-6-3-7-12-18)27(34)31-23(25(33)19-13-8-16-30-19)20-14-15-21(37-20)26(28)29/h2-7,9-12,14-15,19,22-24,30,32H,8,13,16H2,1H3,(H3,28,29)(H,31,34)/t19-,23?,24+/m0/s1. The van der Waals surface area contributed by atoms with Gasteiger partial charge in [0.1, 0.15) is 17.9 Å². The molecule has 0 spiro atoms. The highest BCUT2D eigenvalue weighted by Crippen LogP contribution is 2.31. The number of amides is 1. The van der Waals surface area contributed by atoms with Gasteiger partial charge in [-0.05, 0) is 42.6 Å². The number of amidine groups is 1. The maximum Gasteiger partial charge on any atom is 0.240 e. The van der Waals surface area contributed by atoms with Crippen LogP contribution in [-0.2, 0) is 19.6 Å². The van der Waals surface area contributed by atoms with Crippen molar-refractivity contribution in [2.75, 3.05) is 12.8 Å². The summed E-state index contributed by atoms with van der Waals surface area (Å²) in [4.78, 5) is 28.6. The van der Waals surface area contributed by atoms with Crippen molar-refractivity contribution in [1.82, 2.24) is 15.4 Å². The number of nitrogen functional groups attached to an aromatic ring is 1. The Morgan fingerprint density at radius 2 is 1.63 bits per heavy atom. The van der Waals surface area contributed by atoms with Gasteiger partial charge in [-0.2, -0.15) is 0 Å². The van der Waals surface area contributed by atoms with E-state index in [2.05, 4.69) is 15.4 Å². The Hall–Kier alpha value is -3.38. The molecular weight excluding hydrogens is 522 g/mol. The minimum atomic E-state index is -3.82. The summed E-state index contributed by atoms with van der Waals surface area (Å²) in [5.41, 5.74) is 7.13. The van der Waals surface area contributed by atoms with Crippen LogP contribution in [0.1, 0.15) is 45.7 Å². The molecule has 1 saturated heterocycles. The lowest BCUT2D eigenvalue weighted by molar-refractivity contribution is -0.129. The van der Waals surface area contributed by atoms with Crippen LogP contribution in [-0.4, -0.2) is 50.8 Å². The minimum Gasteiger partial charge on any atom is -0.383 e. The van der Waals surface area contributed by atoms with E-state index >= 15 is 0 Å². The van der Waals surface area contributed by atoms with E-state index in [-0.39, 0.29) is 11.6 Å². The van der Waals surface area contributed by atoms with Crippen molar-refractivity contribution in [1.29, 1.82) is 5.41 Å². The van der Waals surface area contributed by atoms with Crippen LogP contribution in [0.5, 0.6) is 0 Å². The summed E-state index contributed by atoms with van der Waals surface area (Å²) >= 11 is 1.15.